The van der Waals surface area contributed by atoms with Gasteiger partial charge in [-0.05, 0) is 30.7 Å². The van der Waals surface area contributed by atoms with Gasteiger partial charge in [0.15, 0.2) is 5.82 Å². The van der Waals surface area contributed by atoms with Crippen molar-refractivity contribution >= 4 is 85.0 Å². The minimum atomic E-state index is -1.55. The molecule has 0 saturated heterocycles. The van der Waals surface area contributed by atoms with E-state index in [4.69, 9.17) is 10.8 Å². The number of fused-ring (bicyclic) bond motifs is 1. The summed E-state index contributed by atoms with van der Waals surface area (Å²) in [5.74, 6) is -4.82. The predicted octanol–water partition coefficient (Wildman–Crippen LogP) is -1.77. The third kappa shape index (κ3) is 7.31. The van der Waals surface area contributed by atoms with Gasteiger partial charge < -0.3 is 42.0 Å². The molecule has 9 N–H and O–H groups in total. The van der Waals surface area contributed by atoms with Gasteiger partial charge in [-0.15, -0.1) is 0 Å². The number of aromatic nitrogens is 2. The van der Waals surface area contributed by atoms with E-state index >= 15 is 0 Å². The Hall–Kier alpha value is -3.36. The van der Waals surface area contributed by atoms with Gasteiger partial charge in [-0.1, -0.05) is 0 Å². The first-order valence-electron chi connectivity index (χ1n) is 10.1. The first kappa shape index (κ1) is 27.9. The molecule has 3 unspecified atom stereocenters. The van der Waals surface area contributed by atoms with E-state index in [0.717, 1.165) is 0 Å². The summed E-state index contributed by atoms with van der Waals surface area (Å²) in [6.07, 6.45) is -0.446. The number of aldehydes is 1. The molecule has 2 heterocycles. The summed E-state index contributed by atoms with van der Waals surface area (Å²) in [7, 11) is 0. The number of aliphatic carboxylic acids is 2. The van der Waals surface area contributed by atoms with E-state index in [1.54, 1.807) is 12.1 Å². The number of benzene rings is 1. The van der Waals surface area contributed by atoms with Gasteiger partial charge >= 0.3 is 49.7 Å². The van der Waals surface area contributed by atoms with Crippen molar-refractivity contribution in [2.75, 3.05) is 34.8 Å². The van der Waals surface area contributed by atoms with E-state index < -0.39 is 41.8 Å². The average Bonchev–Trinajstić information content (AvgIpc) is 2.80. The van der Waals surface area contributed by atoms with Crippen LogP contribution in [0.5, 0.6) is 0 Å². The second-order valence-electron chi connectivity index (χ2n) is 7.54. The predicted molar refractivity (Wildman–Crippen MR) is 129 cm³/mol. The van der Waals surface area contributed by atoms with Crippen molar-refractivity contribution in [3.8, 4) is 0 Å². The second kappa shape index (κ2) is 12.4. The van der Waals surface area contributed by atoms with E-state index in [1.807, 2.05) is 0 Å². The first-order valence-corrected chi connectivity index (χ1v) is 10.1. The number of hydrogen-bond donors (Lipinski definition) is 8. The van der Waals surface area contributed by atoms with Crippen molar-refractivity contribution in [3.63, 3.8) is 0 Å². The van der Waals surface area contributed by atoms with E-state index in [0.29, 0.717) is 24.6 Å². The monoisotopic (exact) mass is 515 g/mol. The Morgan fingerprint density at radius 1 is 1.20 bits per heavy atom. The number of H-pyrrole nitrogens is 1. The number of carbonyl (C=O) groups is 4. The molecule has 184 valence electrons. The van der Waals surface area contributed by atoms with Crippen LogP contribution in [0, 0.1) is 5.92 Å². The molecule has 1 aliphatic rings. The van der Waals surface area contributed by atoms with Crippen molar-refractivity contribution in [1.29, 1.82) is 0 Å². The van der Waals surface area contributed by atoms with Gasteiger partial charge in [-0.25, -0.2) is 4.79 Å². The minimum absolute atomic E-state index is 0. The molecule has 1 aromatic heterocycles. The fourth-order valence-corrected chi connectivity index (χ4v) is 3.26. The fourth-order valence-electron chi connectivity index (χ4n) is 3.26. The van der Waals surface area contributed by atoms with Gasteiger partial charge in [0.05, 0.1) is 6.04 Å². The number of amides is 1. The standard InChI is InChI=1S/C20H23N7O7.Ca.2H/c21-20-26-15-14(17(30)27-20)24-12(7-23-15)6-22-11-3-1-9(2-4-11)16(29)25-13(19(33)34)5-10(8-28)18(31)32;;;/h1-4,8,10,12-13,22,24H,5-7H2,(H,25,29)(H,31,32)(H,33,34)(H4,21,23,26,27,30);;;. The molecule has 0 saturated carbocycles. The third-order valence-electron chi connectivity index (χ3n) is 5.08. The summed E-state index contributed by atoms with van der Waals surface area (Å²) in [4.78, 5) is 64.0. The molecule has 0 bridgehead atoms. The molecule has 2 aromatic rings. The Labute approximate surface area is 228 Å². The van der Waals surface area contributed by atoms with Crippen molar-refractivity contribution in [3.05, 3.63) is 40.2 Å². The van der Waals surface area contributed by atoms with Gasteiger partial charge in [0.25, 0.3) is 11.5 Å². The maximum atomic E-state index is 12.4. The summed E-state index contributed by atoms with van der Waals surface area (Å²) >= 11 is 0. The number of hydrogen-bond acceptors (Lipinski definition) is 10. The Kier molecular flexibility index (Phi) is 9.86. The molecule has 14 nitrogen and oxygen atoms in total. The fraction of sp³-hybridized carbons (Fsp3) is 0.300. The molecule has 1 aromatic carbocycles. The van der Waals surface area contributed by atoms with Crippen LogP contribution >= 0.6 is 0 Å². The molecule has 0 radical (unpaired) electrons. The van der Waals surface area contributed by atoms with Crippen LogP contribution < -0.4 is 32.6 Å². The number of rotatable bonds is 10. The number of nitrogens with zero attached hydrogens (tertiary/aromatic N) is 1. The topological polar surface area (TPSA) is 229 Å². The number of nitrogens with two attached hydrogens (primary N) is 1. The van der Waals surface area contributed by atoms with Crippen LogP contribution in [0.1, 0.15) is 16.8 Å². The van der Waals surface area contributed by atoms with Crippen molar-refractivity contribution in [1.82, 2.24) is 15.3 Å². The van der Waals surface area contributed by atoms with Crippen molar-refractivity contribution in [2.24, 2.45) is 5.92 Å². The van der Waals surface area contributed by atoms with Crippen molar-refractivity contribution in [2.45, 2.75) is 18.5 Å². The SMILES string of the molecule is Nc1nc2c(c(=O)[nH]1)NC(CNc1ccc(C(=O)NC(CC(C=O)C(=O)O)C(=O)O)cc1)CN2.[CaH2]. The Morgan fingerprint density at radius 2 is 1.89 bits per heavy atom. The summed E-state index contributed by atoms with van der Waals surface area (Å²) in [5, 5.41) is 29.7. The molecule has 0 spiro atoms. The number of carboxylic acid groups (broad SMARTS) is 2. The zero-order chi connectivity index (χ0) is 24.8. The Balaban J connectivity index is 0.00000432. The first-order chi connectivity index (χ1) is 16.2. The molecule has 0 aliphatic carbocycles. The van der Waals surface area contributed by atoms with E-state index in [1.165, 1.54) is 12.1 Å². The van der Waals surface area contributed by atoms with Crippen LogP contribution in [-0.4, -0.2) is 107 Å². The van der Waals surface area contributed by atoms with Crippen LogP contribution in [0.4, 0.5) is 23.1 Å². The molecular weight excluding hydrogens is 490 g/mol. The molecule has 35 heavy (non-hydrogen) atoms. The quantitative estimate of drug-likeness (QED) is 0.0998. The molecule has 3 atom stereocenters. The number of carbonyl (C=O) groups excluding carboxylic acids is 2. The summed E-state index contributed by atoms with van der Waals surface area (Å²) in [6.45, 7) is 0.899. The van der Waals surface area contributed by atoms with Gasteiger partial charge in [0.1, 0.15) is 23.9 Å². The molecule has 1 aliphatic heterocycles. The molecule has 15 heteroatoms. The van der Waals surface area contributed by atoms with Gasteiger partial charge in [-0.3, -0.25) is 19.4 Å². The Morgan fingerprint density at radius 3 is 2.49 bits per heavy atom. The number of nitrogens with one attached hydrogen (secondary N) is 5. The number of aromatic amines is 1. The average molecular weight is 516 g/mol. The molecule has 0 fully saturated rings. The van der Waals surface area contributed by atoms with E-state index in [9.17, 15) is 29.1 Å². The molecule has 1 amide bonds. The summed E-state index contributed by atoms with van der Waals surface area (Å²) in [6, 6.07) is 4.44. The number of anilines is 4. The number of carboxylic acids is 2. The molecular formula is C20H25CaN7O7. The third-order valence-corrected chi connectivity index (χ3v) is 5.08. The van der Waals surface area contributed by atoms with Crippen LogP contribution in [0.25, 0.3) is 0 Å². The summed E-state index contributed by atoms with van der Waals surface area (Å²) in [5.41, 5.74) is 6.23. The van der Waals surface area contributed by atoms with Crippen molar-refractivity contribution < 1.29 is 29.4 Å². The zero-order valence-corrected chi connectivity index (χ0v) is 17.7. The van der Waals surface area contributed by atoms with Gasteiger partial charge in [-0.2, -0.15) is 4.98 Å². The van der Waals surface area contributed by atoms with Crippen LogP contribution in [0.2, 0.25) is 0 Å². The van der Waals surface area contributed by atoms with Crippen LogP contribution in [-0.2, 0) is 14.4 Å². The van der Waals surface area contributed by atoms with E-state index in [2.05, 4.69) is 31.2 Å². The normalized spacial score (nSPS) is 15.6. The van der Waals surface area contributed by atoms with E-state index in [-0.39, 0.29) is 67.3 Å². The summed E-state index contributed by atoms with van der Waals surface area (Å²) < 4.78 is 0. The van der Waals surface area contributed by atoms with Gasteiger partial charge in [0.2, 0.25) is 5.95 Å². The number of nitrogen functional groups attached to an aromatic ring is 1. The van der Waals surface area contributed by atoms with Crippen LogP contribution in [0.15, 0.2) is 29.1 Å². The van der Waals surface area contributed by atoms with Gasteiger partial charge in [0, 0.05) is 24.3 Å². The maximum absolute atomic E-state index is 12.4. The van der Waals surface area contributed by atoms with Crippen LogP contribution in [0.3, 0.4) is 0 Å². The molecule has 3 rings (SSSR count). The zero-order valence-electron chi connectivity index (χ0n) is 17.7. The Bertz CT molecular complexity index is 1160. The second-order valence-corrected chi connectivity index (χ2v) is 7.54.